The van der Waals surface area contributed by atoms with Gasteiger partial charge >= 0.3 is 0 Å². The minimum atomic E-state index is -0.751. The van der Waals surface area contributed by atoms with Gasteiger partial charge in [-0.1, -0.05) is 26.0 Å². The van der Waals surface area contributed by atoms with Crippen LogP contribution in [-0.4, -0.2) is 7.05 Å². The van der Waals surface area contributed by atoms with Crippen molar-refractivity contribution in [3.63, 3.8) is 0 Å². The Morgan fingerprint density at radius 3 is 2.20 bits per heavy atom. The van der Waals surface area contributed by atoms with Gasteiger partial charge in [0, 0.05) is 11.6 Å². The molecule has 0 aromatic heterocycles. The summed E-state index contributed by atoms with van der Waals surface area (Å²) in [6, 6.07) is 4.39. The average molecular weight is 281 g/mol. The maximum atomic E-state index is 14.0. The molecule has 2 rings (SSSR count). The second-order valence-electron chi connectivity index (χ2n) is 6.33. The molecule has 0 bridgehead atoms. The third-order valence-electron chi connectivity index (χ3n) is 4.86. The first kappa shape index (κ1) is 15.4. The third-order valence-corrected chi connectivity index (χ3v) is 4.86. The summed E-state index contributed by atoms with van der Waals surface area (Å²) in [5.41, 5.74) is 0.473. The molecule has 1 nitrogen and oxygen atoms in total. The predicted octanol–water partition coefficient (Wildman–Crippen LogP) is 4.69. The van der Waals surface area contributed by atoms with Crippen molar-refractivity contribution in [3.8, 4) is 0 Å². The van der Waals surface area contributed by atoms with Gasteiger partial charge in [-0.2, -0.15) is 0 Å². The van der Waals surface area contributed by atoms with Crippen molar-refractivity contribution in [2.45, 2.75) is 45.6 Å². The molecule has 0 saturated heterocycles. The Morgan fingerprint density at radius 1 is 1.05 bits per heavy atom. The molecule has 0 aliphatic heterocycles. The minimum Gasteiger partial charge on any atom is -0.313 e. The molecule has 1 atom stereocenters. The van der Waals surface area contributed by atoms with Crippen LogP contribution >= 0.6 is 0 Å². The molecule has 1 aromatic rings. The molecule has 1 aromatic carbocycles. The molecule has 3 heteroatoms. The third kappa shape index (κ3) is 3.20. The number of rotatable bonds is 4. The highest BCUT2D eigenvalue weighted by molar-refractivity contribution is 5.23. The Bertz CT molecular complexity index is 437. The number of hydrogen-bond donors (Lipinski definition) is 1. The Labute approximate surface area is 120 Å². The summed E-state index contributed by atoms with van der Waals surface area (Å²) in [4.78, 5) is 0. The lowest BCUT2D eigenvalue weighted by molar-refractivity contribution is 0.190. The molecule has 1 aliphatic carbocycles. The van der Waals surface area contributed by atoms with Gasteiger partial charge in [0.2, 0.25) is 0 Å². The lowest BCUT2D eigenvalue weighted by atomic mass is 9.73. The van der Waals surface area contributed by atoms with Crippen LogP contribution in [0, 0.1) is 29.4 Å². The Balaban J connectivity index is 2.12. The van der Waals surface area contributed by atoms with Gasteiger partial charge < -0.3 is 5.32 Å². The Morgan fingerprint density at radius 2 is 1.65 bits per heavy atom. The fraction of sp³-hybridized carbons (Fsp3) is 0.647. The van der Waals surface area contributed by atoms with E-state index in [1.807, 2.05) is 7.05 Å². The van der Waals surface area contributed by atoms with Crippen LogP contribution in [0.3, 0.4) is 0 Å². The summed E-state index contributed by atoms with van der Waals surface area (Å²) in [7, 11) is 1.84. The first-order valence-electron chi connectivity index (χ1n) is 7.65. The molecular weight excluding hydrogens is 256 g/mol. The largest absolute Gasteiger partial charge is 0.313 e. The van der Waals surface area contributed by atoms with Crippen LogP contribution in [-0.2, 0) is 0 Å². The van der Waals surface area contributed by atoms with Crippen LogP contribution in [0.1, 0.15) is 51.1 Å². The van der Waals surface area contributed by atoms with Gasteiger partial charge in [-0.25, -0.2) is 8.78 Å². The highest BCUT2D eigenvalue weighted by Gasteiger charge is 2.30. The van der Waals surface area contributed by atoms with E-state index in [1.165, 1.54) is 18.9 Å². The summed E-state index contributed by atoms with van der Waals surface area (Å²) in [5.74, 6) is 0.443. The topological polar surface area (TPSA) is 12.0 Å². The summed E-state index contributed by atoms with van der Waals surface area (Å²) in [6.07, 6.45) is 4.56. The zero-order valence-corrected chi connectivity index (χ0v) is 12.6. The van der Waals surface area contributed by atoms with Gasteiger partial charge in [0.15, 0.2) is 11.6 Å². The van der Waals surface area contributed by atoms with Gasteiger partial charge in [0.25, 0.3) is 0 Å². The Hall–Kier alpha value is -0.960. The summed E-state index contributed by atoms with van der Waals surface area (Å²) >= 11 is 0. The monoisotopic (exact) mass is 281 g/mol. The number of halogens is 2. The van der Waals surface area contributed by atoms with E-state index in [2.05, 4.69) is 19.2 Å². The molecule has 1 aliphatic rings. The van der Waals surface area contributed by atoms with Gasteiger partial charge in [-0.3, -0.25) is 0 Å². The molecular formula is C17H25F2N. The van der Waals surface area contributed by atoms with Crippen molar-refractivity contribution in [2.75, 3.05) is 7.05 Å². The Kier molecular flexibility index (Phi) is 5.14. The van der Waals surface area contributed by atoms with Gasteiger partial charge in [-0.05, 0) is 56.6 Å². The summed E-state index contributed by atoms with van der Waals surface area (Å²) in [6.45, 7) is 4.54. The summed E-state index contributed by atoms with van der Waals surface area (Å²) < 4.78 is 27.4. The lowest BCUT2D eigenvalue weighted by Crippen LogP contribution is -2.30. The fourth-order valence-electron chi connectivity index (χ4n) is 3.55. The van der Waals surface area contributed by atoms with Crippen molar-refractivity contribution >= 4 is 0 Å². The van der Waals surface area contributed by atoms with Crippen LogP contribution in [0.5, 0.6) is 0 Å². The second kappa shape index (κ2) is 6.66. The molecule has 0 radical (unpaired) electrons. The second-order valence-corrected chi connectivity index (χ2v) is 6.33. The van der Waals surface area contributed by atoms with Crippen molar-refractivity contribution in [2.24, 2.45) is 17.8 Å². The van der Waals surface area contributed by atoms with Crippen LogP contribution in [0.25, 0.3) is 0 Å². The summed E-state index contributed by atoms with van der Waals surface area (Å²) in [5, 5.41) is 3.19. The molecule has 0 spiro atoms. The zero-order valence-electron chi connectivity index (χ0n) is 12.6. The first-order chi connectivity index (χ1) is 9.54. The smallest absolute Gasteiger partial charge is 0.163 e. The molecule has 1 fully saturated rings. The predicted molar refractivity (Wildman–Crippen MR) is 78.4 cm³/mol. The molecule has 0 heterocycles. The highest BCUT2D eigenvalue weighted by atomic mass is 19.2. The van der Waals surface area contributed by atoms with Crippen LogP contribution in [0.15, 0.2) is 18.2 Å². The van der Waals surface area contributed by atoms with Crippen molar-refractivity contribution in [1.29, 1.82) is 0 Å². The SMILES string of the molecule is CNC(c1cccc(F)c1F)C1CCC(C(C)C)CC1. The molecule has 1 unspecified atom stereocenters. The van der Waals surface area contributed by atoms with Crippen LogP contribution in [0.4, 0.5) is 8.78 Å². The molecule has 1 saturated carbocycles. The standard InChI is InChI=1S/C17H25F2N/c1-11(2)12-7-9-13(10-8-12)17(20-3)14-5-4-6-15(18)16(14)19/h4-6,11-13,17,20H,7-10H2,1-3H3. The first-order valence-corrected chi connectivity index (χ1v) is 7.65. The molecule has 1 N–H and O–H groups in total. The zero-order chi connectivity index (χ0) is 14.7. The van der Waals surface area contributed by atoms with Crippen molar-refractivity contribution < 1.29 is 8.78 Å². The normalized spacial score (nSPS) is 24.9. The molecule has 0 amide bonds. The van der Waals surface area contributed by atoms with E-state index in [4.69, 9.17) is 0 Å². The fourth-order valence-corrected chi connectivity index (χ4v) is 3.55. The quantitative estimate of drug-likeness (QED) is 0.844. The van der Waals surface area contributed by atoms with E-state index < -0.39 is 11.6 Å². The minimum absolute atomic E-state index is 0.0844. The van der Waals surface area contributed by atoms with Crippen molar-refractivity contribution in [3.05, 3.63) is 35.4 Å². The molecule has 20 heavy (non-hydrogen) atoms. The average Bonchev–Trinajstić information content (AvgIpc) is 2.45. The number of hydrogen-bond acceptors (Lipinski definition) is 1. The van der Waals surface area contributed by atoms with E-state index in [0.717, 1.165) is 24.7 Å². The van der Waals surface area contributed by atoms with E-state index in [-0.39, 0.29) is 6.04 Å². The van der Waals surface area contributed by atoms with Crippen LogP contribution < -0.4 is 5.32 Å². The van der Waals surface area contributed by atoms with Gasteiger partial charge in [0.1, 0.15) is 0 Å². The maximum absolute atomic E-state index is 14.0. The van der Waals surface area contributed by atoms with Crippen molar-refractivity contribution in [1.82, 2.24) is 5.32 Å². The van der Waals surface area contributed by atoms with Gasteiger partial charge in [-0.15, -0.1) is 0 Å². The van der Waals surface area contributed by atoms with Gasteiger partial charge in [0.05, 0.1) is 0 Å². The molecule has 112 valence electrons. The van der Waals surface area contributed by atoms with E-state index in [0.29, 0.717) is 11.5 Å². The van der Waals surface area contributed by atoms with E-state index in [1.54, 1.807) is 12.1 Å². The van der Waals surface area contributed by atoms with E-state index in [9.17, 15) is 8.78 Å². The highest BCUT2D eigenvalue weighted by Crippen LogP contribution is 2.39. The number of nitrogens with one attached hydrogen (secondary N) is 1. The maximum Gasteiger partial charge on any atom is 0.163 e. The number of benzene rings is 1. The van der Waals surface area contributed by atoms with E-state index >= 15 is 0 Å². The van der Waals surface area contributed by atoms with Crippen LogP contribution in [0.2, 0.25) is 0 Å². The lowest BCUT2D eigenvalue weighted by Gasteiger charge is -2.35.